The van der Waals surface area contributed by atoms with Crippen molar-refractivity contribution in [1.82, 2.24) is 10.2 Å². The van der Waals surface area contributed by atoms with E-state index < -0.39 is 0 Å². The maximum absolute atomic E-state index is 12.2. The summed E-state index contributed by atoms with van der Waals surface area (Å²) in [6, 6.07) is 7.50. The number of hydrogen-bond acceptors (Lipinski definition) is 3. The van der Waals surface area contributed by atoms with E-state index in [9.17, 15) is 4.79 Å². The molecule has 1 amide bonds. The Hall–Kier alpha value is -1.81. The van der Waals surface area contributed by atoms with E-state index in [1.165, 1.54) is 0 Å². The zero-order valence-electron chi connectivity index (χ0n) is 9.48. The monoisotopic (exact) mass is 230 g/mol. The second kappa shape index (κ2) is 4.22. The normalized spacial score (nSPS) is 16.4. The molecule has 4 heteroatoms. The molecule has 0 spiro atoms. The summed E-state index contributed by atoms with van der Waals surface area (Å²) in [6.45, 7) is 3.29. The summed E-state index contributed by atoms with van der Waals surface area (Å²) in [5.41, 5.74) is 1.47. The van der Waals surface area contributed by atoms with Crippen LogP contribution in [0.5, 0.6) is 0 Å². The van der Waals surface area contributed by atoms with Crippen LogP contribution in [0.1, 0.15) is 10.4 Å². The summed E-state index contributed by atoms with van der Waals surface area (Å²) < 4.78 is 5.31. The highest BCUT2D eigenvalue weighted by Crippen LogP contribution is 2.18. The van der Waals surface area contributed by atoms with Gasteiger partial charge in [0.2, 0.25) is 0 Å². The van der Waals surface area contributed by atoms with E-state index in [0.29, 0.717) is 5.56 Å². The van der Waals surface area contributed by atoms with Gasteiger partial charge in [-0.3, -0.25) is 4.79 Å². The third-order valence-corrected chi connectivity index (χ3v) is 3.11. The van der Waals surface area contributed by atoms with Gasteiger partial charge in [0.25, 0.3) is 5.91 Å². The first-order valence-electron chi connectivity index (χ1n) is 5.82. The molecule has 0 saturated carbocycles. The summed E-state index contributed by atoms with van der Waals surface area (Å²) in [5.74, 6) is 0.0878. The van der Waals surface area contributed by atoms with E-state index in [-0.39, 0.29) is 5.91 Å². The van der Waals surface area contributed by atoms with Crippen molar-refractivity contribution in [3.63, 3.8) is 0 Å². The number of carbonyl (C=O) groups excluding carboxylic acids is 1. The van der Waals surface area contributed by atoms with Crippen LogP contribution < -0.4 is 5.32 Å². The SMILES string of the molecule is O=C(c1ccc2ccoc2c1)N1CCNCC1. The molecule has 4 nitrogen and oxygen atoms in total. The van der Waals surface area contributed by atoms with Gasteiger partial charge in [0.05, 0.1) is 6.26 Å². The van der Waals surface area contributed by atoms with E-state index in [4.69, 9.17) is 4.42 Å². The molecule has 0 bridgehead atoms. The zero-order valence-corrected chi connectivity index (χ0v) is 9.48. The number of furan rings is 1. The van der Waals surface area contributed by atoms with Gasteiger partial charge in [0, 0.05) is 37.1 Å². The second-order valence-electron chi connectivity index (χ2n) is 4.22. The van der Waals surface area contributed by atoms with Crippen LogP contribution in [0, 0.1) is 0 Å². The van der Waals surface area contributed by atoms with Gasteiger partial charge < -0.3 is 14.6 Å². The molecule has 3 rings (SSSR count). The van der Waals surface area contributed by atoms with Gasteiger partial charge in [-0.15, -0.1) is 0 Å². The number of nitrogens with one attached hydrogen (secondary N) is 1. The number of amides is 1. The lowest BCUT2D eigenvalue weighted by atomic mass is 10.1. The first-order chi connectivity index (χ1) is 8.34. The molecule has 2 aromatic rings. The minimum absolute atomic E-state index is 0.0878. The first-order valence-corrected chi connectivity index (χ1v) is 5.82. The lowest BCUT2D eigenvalue weighted by Crippen LogP contribution is -2.46. The van der Waals surface area contributed by atoms with E-state index >= 15 is 0 Å². The van der Waals surface area contributed by atoms with Crippen LogP contribution >= 0.6 is 0 Å². The van der Waals surface area contributed by atoms with Crippen molar-refractivity contribution in [3.05, 3.63) is 36.1 Å². The van der Waals surface area contributed by atoms with Crippen molar-refractivity contribution in [3.8, 4) is 0 Å². The average Bonchev–Trinajstić information content (AvgIpc) is 2.86. The molecule has 2 heterocycles. The number of carbonyl (C=O) groups is 1. The fraction of sp³-hybridized carbons (Fsp3) is 0.308. The van der Waals surface area contributed by atoms with Crippen molar-refractivity contribution >= 4 is 16.9 Å². The quantitative estimate of drug-likeness (QED) is 0.807. The fourth-order valence-corrected chi connectivity index (χ4v) is 2.14. The Morgan fingerprint density at radius 3 is 2.88 bits per heavy atom. The van der Waals surface area contributed by atoms with E-state index in [1.807, 2.05) is 29.2 Å². The third-order valence-electron chi connectivity index (χ3n) is 3.11. The topological polar surface area (TPSA) is 45.5 Å². The Labute approximate surface area is 99.2 Å². The highest BCUT2D eigenvalue weighted by atomic mass is 16.3. The molecule has 1 saturated heterocycles. The summed E-state index contributed by atoms with van der Waals surface area (Å²) in [7, 11) is 0. The molecule has 0 atom stereocenters. The van der Waals surface area contributed by atoms with Gasteiger partial charge in [0.15, 0.2) is 0 Å². The molecule has 1 N–H and O–H groups in total. The number of fused-ring (bicyclic) bond motifs is 1. The Bertz CT molecular complexity index is 541. The van der Waals surface area contributed by atoms with Crippen molar-refractivity contribution in [1.29, 1.82) is 0 Å². The minimum Gasteiger partial charge on any atom is -0.464 e. The van der Waals surface area contributed by atoms with Crippen molar-refractivity contribution in [2.45, 2.75) is 0 Å². The molecule has 1 aromatic heterocycles. The molecule has 17 heavy (non-hydrogen) atoms. The van der Waals surface area contributed by atoms with Gasteiger partial charge in [0.1, 0.15) is 5.58 Å². The number of nitrogens with zero attached hydrogens (tertiary/aromatic N) is 1. The van der Waals surface area contributed by atoms with Crippen molar-refractivity contribution in [2.75, 3.05) is 26.2 Å². The van der Waals surface area contributed by atoms with Gasteiger partial charge in [-0.05, 0) is 18.2 Å². The van der Waals surface area contributed by atoms with Crippen LogP contribution in [0.15, 0.2) is 34.9 Å². The standard InChI is InChI=1S/C13H14N2O2/c16-13(15-6-4-14-5-7-15)11-2-1-10-3-8-17-12(10)9-11/h1-3,8-9,14H,4-7H2. The van der Waals surface area contributed by atoms with Gasteiger partial charge in [-0.1, -0.05) is 6.07 Å². The van der Waals surface area contributed by atoms with Crippen LogP contribution in [0.4, 0.5) is 0 Å². The lowest BCUT2D eigenvalue weighted by Gasteiger charge is -2.27. The second-order valence-corrected chi connectivity index (χ2v) is 4.22. The van der Waals surface area contributed by atoms with E-state index in [0.717, 1.165) is 37.1 Å². The summed E-state index contributed by atoms with van der Waals surface area (Å²) in [5, 5.41) is 4.26. The van der Waals surface area contributed by atoms with E-state index in [1.54, 1.807) is 6.26 Å². The zero-order chi connectivity index (χ0) is 11.7. The predicted molar refractivity (Wildman–Crippen MR) is 65.0 cm³/mol. The molecule has 1 fully saturated rings. The van der Waals surface area contributed by atoms with Gasteiger partial charge in [-0.2, -0.15) is 0 Å². The molecule has 0 unspecified atom stereocenters. The number of benzene rings is 1. The smallest absolute Gasteiger partial charge is 0.254 e. The van der Waals surface area contributed by atoms with Gasteiger partial charge in [-0.25, -0.2) is 0 Å². The maximum Gasteiger partial charge on any atom is 0.254 e. The molecule has 88 valence electrons. The highest BCUT2D eigenvalue weighted by molar-refractivity contribution is 5.97. The fourth-order valence-electron chi connectivity index (χ4n) is 2.14. The minimum atomic E-state index is 0.0878. The Morgan fingerprint density at radius 1 is 1.24 bits per heavy atom. The third kappa shape index (κ3) is 1.91. The summed E-state index contributed by atoms with van der Waals surface area (Å²) >= 11 is 0. The van der Waals surface area contributed by atoms with Crippen LogP contribution in [0.25, 0.3) is 11.0 Å². The van der Waals surface area contributed by atoms with Crippen molar-refractivity contribution in [2.24, 2.45) is 0 Å². The number of piperazine rings is 1. The van der Waals surface area contributed by atoms with Crippen LogP contribution in [0.3, 0.4) is 0 Å². The Kier molecular flexibility index (Phi) is 2.57. The van der Waals surface area contributed by atoms with Crippen LogP contribution in [0.2, 0.25) is 0 Å². The molecule has 1 aliphatic heterocycles. The largest absolute Gasteiger partial charge is 0.464 e. The van der Waals surface area contributed by atoms with Crippen molar-refractivity contribution < 1.29 is 9.21 Å². The molecule has 1 aromatic carbocycles. The van der Waals surface area contributed by atoms with Crippen LogP contribution in [-0.4, -0.2) is 37.0 Å². The van der Waals surface area contributed by atoms with E-state index in [2.05, 4.69) is 5.32 Å². The molecule has 0 aliphatic carbocycles. The molecule has 1 aliphatic rings. The predicted octanol–water partition coefficient (Wildman–Crippen LogP) is 1.48. The highest BCUT2D eigenvalue weighted by Gasteiger charge is 2.18. The molecular formula is C13H14N2O2. The maximum atomic E-state index is 12.2. The van der Waals surface area contributed by atoms with Crippen LogP contribution in [-0.2, 0) is 0 Å². The molecular weight excluding hydrogens is 216 g/mol. The van der Waals surface area contributed by atoms with Gasteiger partial charge >= 0.3 is 0 Å². The first kappa shape index (κ1) is 10.4. The molecule has 0 radical (unpaired) electrons. The average molecular weight is 230 g/mol. The number of rotatable bonds is 1. The Morgan fingerprint density at radius 2 is 2.06 bits per heavy atom. The summed E-state index contributed by atoms with van der Waals surface area (Å²) in [4.78, 5) is 14.1. The Balaban J connectivity index is 1.88. The number of hydrogen-bond donors (Lipinski definition) is 1. The lowest BCUT2D eigenvalue weighted by molar-refractivity contribution is 0.0736. The summed E-state index contributed by atoms with van der Waals surface area (Å²) in [6.07, 6.45) is 1.64.